The summed E-state index contributed by atoms with van der Waals surface area (Å²) in [5.41, 5.74) is 2.72. The third-order valence-electron chi connectivity index (χ3n) is 3.33. The zero-order valence-electron chi connectivity index (χ0n) is 11.4. The van der Waals surface area contributed by atoms with Crippen molar-refractivity contribution in [3.63, 3.8) is 0 Å². The van der Waals surface area contributed by atoms with Crippen LogP contribution < -0.4 is 5.56 Å². The van der Waals surface area contributed by atoms with Crippen LogP contribution in [-0.4, -0.2) is 19.6 Å². The van der Waals surface area contributed by atoms with E-state index in [9.17, 15) is 4.79 Å². The maximum Gasteiger partial charge on any atom is 0.294 e. The van der Waals surface area contributed by atoms with Gasteiger partial charge in [0, 0.05) is 12.1 Å². The van der Waals surface area contributed by atoms with Gasteiger partial charge in [-0.05, 0) is 32.0 Å². The largest absolute Gasteiger partial charge is 0.294 e. The highest BCUT2D eigenvalue weighted by Gasteiger charge is 2.16. The van der Waals surface area contributed by atoms with Crippen molar-refractivity contribution in [3.05, 3.63) is 51.0 Å². The number of hydrogen-bond acceptors (Lipinski definition) is 3. The number of aryl methyl sites for hydroxylation is 3. The molecule has 20 heavy (non-hydrogen) atoms. The molecule has 0 bridgehead atoms. The molecule has 0 unspecified atom stereocenters. The predicted molar refractivity (Wildman–Crippen MR) is 78.6 cm³/mol. The summed E-state index contributed by atoms with van der Waals surface area (Å²) in [7, 11) is 1.63. The number of benzene rings is 1. The first-order chi connectivity index (χ1) is 9.49. The van der Waals surface area contributed by atoms with Gasteiger partial charge in [-0.25, -0.2) is 9.36 Å². The molecule has 3 aromatic rings. The van der Waals surface area contributed by atoms with E-state index in [-0.39, 0.29) is 5.56 Å². The minimum atomic E-state index is -0.200. The first-order valence-corrected chi connectivity index (χ1v) is 6.56. The Hall–Kier alpha value is -2.14. The topological polar surface area (TPSA) is 52.7 Å². The Labute approximate surface area is 120 Å². The summed E-state index contributed by atoms with van der Waals surface area (Å²) >= 11 is 6.01. The Balaban J connectivity index is 2.40. The molecule has 0 saturated carbocycles. The average Bonchev–Trinajstić information content (AvgIpc) is 2.74. The van der Waals surface area contributed by atoms with Crippen molar-refractivity contribution < 1.29 is 0 Å². The standard InChI is InChI=1S/C14H13ClN4O/c1-8-12-9(2)19(11-6-4-5-10(15)7-11)17-13(12)14(20)18(3)16-8/h4-7H,1-3H3. The van der Waals surface area contributed by atoms with Crippen molar-refractivity contribution in [3.8, 4) is 5.69 Å². The molecule has 0 amide bonds. The van der Waals surface area contributed by atoms with Crippen LogP contribution in [0.15, 0.2) is 29.1 Å². The number of hydrogen-bond donors (Lipinski definition) is 0. The van der Waals surface area contributed by atoms with Crippen LogP contribution in [0, 0.1) is 13.8 Å². The lowest BCUT2D eigenvalue weighted by Gasteiger charge is -2.04. The lowest BCUT2D eigenvalue weighted by molar-refractivity contribution is 0.702. The third kappa shape index (κ3) is 1.82. The second kappa shape index (κ2) is 4.45. The molecular weight excluding hydrogens is 276 g/mol. The molecule has 0 saturated heterocycles. The minimum absolute atomic E-state index is 0.200. The Morgan fingerprint density at radius 2 is 1.95 bits per heavy atom. The van der Waals surface area contributed by atoms with Crippen molar-refractivity contribution in [1.82, 2.24) is 19.6 Å². The van der Waals surface area contributed by atoms with Gasteiger partial charge in [0.2, 0.25) is 0 Å². The van der Waals surface area contributed by atoms with E-state index in [0.29, 0.717) is 10.5 Å². The van der Waals surface area contributed by atoms with Gasteiger partial charge in [-0.1, -0.05) is 17.7 Å². The van der Waals surface area contributed by atoms with Crippen molar-refractivity contribution in [2.45, 2.75) is 13.8 Å². The van der Waals surface area contributed by atoms with Crippen molar-refractivity contribution >= 4 is 22.5 Å². The monoisotopic (exact) mass is 288 g/mol. The van der Waals surface area contributed by atoms with Crippen molar-refractivity contribution in [2.75, 3.05) is 0 Å². The fourth-order valence-corrected chi connectivity index (χ4v) is 2.60. The van der Waals surface area contributed by atoms with Gasteiger partial charge in [-0.15, -0.1) is 0 Å². The average molecular weight is 289 g/mol. The fourth-order valence-electron chi connectivity index (χ4n) is 2.42. The first-order valence-electron chi connectivity index (χ1n) is 6.18. The summed E-state index contributed by atoms with van der Waals surface area (Å²) in [6, 6.07) is 7.37. The molecule has 0 radical (unpaired) electrons. The van der Waals surface area contributed by atoms with E-state index in [2.05, 4.69) is 10.2 Å². The number of halogens is 1. The molecule has 3 rings (SSSR count). The Bertz CT molecular complexity index is 879. The third-order valence-corrected chi connectivity index (χ3v) is 3.56. The van der Waals surface area contributed by atoms with Crippen LogP contribution in [0.4, 0.5) is 0 Å². The second-order valence-electron chi connectivity index (χ2n) is 4.71. The van der Waals surface area contributed by atoms with Crippen molar-refractivity contribution in [1.29, 1.82) is 0 Å². The molecule has 5 nitrogen and oxygen atoms in total. The zero-order chi connectivity index (χ0) is 14.4. The zero-order valence-corrected chi connectivity index (χ0v) is 12.1. The Morgan fingerprint density at radius 3 is 2.65 bits per heavy atom. The number of fused-ring (bicyclic) bond motifs is 1. The highest BCUT2D eigenvalue weighted by Crippen LogP contribution is 2.22. The SMILES string of the molecule is Cc1nn(C)c(=O)c2nn(-c3cccc(Cl)c3)c(C)c12. The van der Waals surface area contributed by atoms with E-state index in [1.165, 1.54) is 4.68 Å². The molecule has 0 N–H and O–H groups in total. The van der Waals surface area contributed by atoms with Crippen LogP contribution in [0.25, 0.3) is 16.6 Å². The van der Waals surface area contributed by atoms with E-state index in [0.717, 1.165) is 22.5 Å². The summed E-state index contributed by atoms with van der Waals surface area (Å²) in [5.74, 6) is 0. The summed E-state index contributed by atoms with van der Waals surface area (Å²) in [6.45, 7) is 3.79. The van der Waals surface area contributed by atoms with E-state index in [4.69, 9.17) is 11.6 Å². The molecule has 2 aromatic heterocycles. The first kappa shape index (κ1) is 12.9. The van der Waals surface area contributed by atoms with Gasteiger partial charge in [0.15, 0.2) is 5.52 Å². The lowest BCUT2D eigenvalue weighted by Crippen LogP contribution is -2.20. The van der Waals surface area contributed by atoms with Gasteiger partial charge in [-0.3, -0.25) is 4.79 Å². The van der Waals surface area contributed by atoms with E-state index in [1.807, 2.05) is 32.0 Å². The van der Waals surface area contributed by atoms with Gasteiger partial charge < -0.3 is 0 Å². The maximum atomic E-state index is 12.1. The smallest absolute Gasteiger partial charge is 0.265 e. The minimum Gasteiger partial charge on any atom is -0.265 e. The number of aromatic nitrogens is 4. The highest BCUT2D eigenvalue weighted by molar-refractivity contribution is 6.30. The van der Waals surface area contributed by atoms with Crippen LogP contribution in [-0.2, 0) is 7.05 Å². The normalized spacial score (nSPS) is 11.2. The maximum absolute atomic E-state index is 12.1. The molecule has 0 aliphatic rings. The van der Waals surface area contributed by atoms with Crippen LogP contribution in [0.2, 0.25) is 5.02 Å². The second-order valence-corrected chi connectivity index (χ2v) is 5.15. The Morgan fingerprint density at radius 1 is 1.20 bits per heavy atom. The molecule has 102 valence electrons. The molecule has 0 atom stereocenters. The molecular formula is C14H13ClN4O. The van der Waals surface area contributed by atoms with E-state index in [1.54, 1.807) is 17.8 Å². The lowest BCUT2D eigenvalue weighted by atomic mass is 10.2. The van der Waals surface area contributed by atoms with Crippen molar-refractivity contribution in [2.24, 2.45) is 7.05 Å². The summed E-state index contributed by atoms with van der Waals surface area (Å²) in [5, 5.41) is 10.1. The van der Waals surface area contributed by atoms with Gasteiger partial charge in [-0.2, -0.15) is 10.2 Å². The predicted octanol–water partition coefficient (Wildman–Crippen LogP) is 2.39. The molecule has 0 fully saturated rings. The molecule has 0 spiro atoms. The summed E-state index contributed by atoms with van der Waals surface area (Å²) < 4.78 is 3.04. The number of rotatable bonds is 1. The molecule has 0 aliphatic carbocycles. The van der Waals surface area contributed by atoms with Gasteiger partial charge in [0.05, 0.1) is 22.5 Å². The highest BCUT2D eigenvalue weighted by atomic mass is 35.5. The van der Waals surface area contributed by atoms with Gasteiger partial charge in [0.25, 0.3) is 5.56 Å². The summed E-state index contributed by atoms with van der Waals surface area (Å²) in [6.07, 6.45) is 0. The molecule has 6 heteroatoms. The van der Waals surface area contributed by atoms with E-state index >= 15 is 0 Å². The molecule has 1 aromatic carbocycles. The molecule has 2 heterocycles. The Kier molecular flexibility index (Phi) is 2.87. The van der Waals surface area contributed by atoms with Gasteiger partial charge in [0.1, 0.15) is 0 Å². The fraction of sp³-hybridized carbons (Fsp3) is 0.214. The van der Waals surface area contributed by atoms with Crippen LogP contribution in [0.5, 0.6) is 0 Å². The quantitative estimate of drug-likeness (QED) is 0.691. The van der Waals surface area contributed by atoms with Crippen LogP contribution >= 0.6 is 11.6 Å². The van der Waals surface area contributed by atoms with Crippen LogP contribution in [0.1, 0.15) is 11.4 Å². The van der Waals surface area contributed by atoms with Gasteiger partial charge >= 0.3 is 0 Å². The van der Waals surface area contributed by atoms with Crippen LogP contribution in [0.3, 0.4) is 0 Å². The number of nitrogens with zero attached hydrogens (tertiary/aromatic N) is 4. The van der Waals surface area contributed by atoms with E-state index < -0.39 is 0 Å². The summed E-state index contributed by atoms with van der Waals surface area (Å²) in [4.78, 5) is 12.1. The molecule has 0 aliphatic heterocycles.